The van der Waals surface area contributed by atoms with Gasteiger partial charge < -0.3 is 9.64 Å². The van der Waals surface area contributed by atoms with Gasteiger partial charge in [0.15, 0.2) is 0 Å². The summed E-state index contributed by atoms with van der Waals surface area (Å²) in [4.78, 5) is 16.7. The van der Waals surface area contributed by atoms with Crippen LogP contribution in [0.2, 0.25) is 0 Å². The summed E-state index contributed by atoms with van der Waals surface area (Å²) in [5.74, 6) is 0. The molecule has 1 atom stereocenters. The second kappa shape index (κ2) is 4.72. The Kier molecular flexibility index (Phi) is 3.33. The van der Waals surface area contributed by atoms with Gasteiger partial charge in [-0.15, -0.1) is 0 Å². The molecule has 1 saturated heterocycles. The van der Waals surface area contributed by atoms with Crippen molar-refractivity contribution in [3.63, 3.8) is 0 Å². The van der Waals surface area contributed by atoms with E-state index in [1.165, 1.54) is 0 Å². The number of morpholine rings is 1. The first kappa shape index (κ1) is 10.6. The Morgan fingerprint density at radius 2 is 2.47 bits per heavy atom. The fourth-order valence-corrected chi connectivity index (χ4v) is 1.90. The molecule has 1 aliphatic heterocycles. The number of amides is 1. The molecule has 4 nitrogen and oxygen atoms in total. The molecule has 1 aromatic heterocycles. The highest BCUT2D eigenvalue weighted by Gasteiger charge is 2.21. The number of rotatable bonds is 2. The van der Waals surface area contributed by atoms with Crippen molar-refractivity contribution in [1.82, 2.24) is 9.88 Å². The number of nitrogens with zero attached hydrogens (tertiary/aromatic N) is 2. The third-order valence-corrected chi connectivity index (χ3v) is 2.76. The van der Waals surface area contributed by atoms with E-state index in [-0.39, 0.29) is 6.10 Å². The zero-order chi connectivity index (χ0) is 10.7. The minimum Gasteiger partial charge on any atom is -0.368 e. The highest BCUT2D eigenvalue weighted by atomic mass is 79.9. The van der Waals surface area contributed by atoms with Crippen LogP contribution < -0.4 is 0 Å². The number of carbonyl (C=O) groups excluding carboxylic acids is 1. The number of aromatic nitrogens is 1. The summed E-state index contributed by atoms with van der Waals surface area (Å²) in [5, 5.41) is 0. The predicted molar refractivity (Wildman–Crippen MR) is 58.3 cm³/mol. The zero-order valence-electron chi connectivity index (χ0n) is 8.10. The normalized spacial score (nSPS) is 21.4. The van der Waals surface area contributed by atoms with E-state index in [1.807, 2.05) is 18.2 Å². The Labute approximate surface area is 96.4 Å². The van der Waals surface area contributed by atoms with Crippen molar-refractivity contribution < 1.29 is 9.53 Å². The SMILES string of the molecule is O=CN1CCOC(c2cccc(Br)n2)C1. The first-order valence-electron chi connectivity index (χ1n) is 4.73. The highest BCUT2D eigenvalue weighted by Crippen LogP contribution is 2.21. The molecule has 1 unspecified atom stereocenters. The van der Waals surface area contributed by atoms with Crippen molar-refractivity contribution >= 4 is 22.3 Å². The van der Waals surface area contributed by atoms with Crippen LogP contribution in [0.5, 0.6) is 0 Å². The lowest BCUT2D eigenvalue weighted by molar-refractivity contribution is -0.125. The van der Waals surface area contributed by atoms with Gasteiger partial charge in [-0.25, -0.2) is 4.98 Å². The van der Waals surface area contributed by atoms with Crippen LogP contribution in [0.25, 0.3) is 0 Å². The summed E-state index contributed by atoms with van der Waals surface area (Å²) in [6, 6.07) is 5.68. The fourth-order valence-electron chi connectivity index (χ4n) is 1.55. The molecule has 0 radical (unpaired) electrons. The van der Waals surface area contributed by atoms with Crippen molar-refractivity contribution in [2.75, 3.05) is 19.7 Å². The Hall–Kier alpha value is -0.940. The van der Waals surface area contributed by atoms with Crippen molar-refractivity contribution in [2.45, 2.75) is 6.10 Å². The molecule has 80 valence electrons. The van der Waals surface area contributed by atoms with E-state index in [9.17, 15) is 4.79 Å². The average Bonchev–Trinajstić information content (AvgIpc) is 2.29. The maximum Gasteiger partial charge on any atom is 0.209 e. The number of pyridine rings is 1. The molecule has 1 amide bonds. The number of ether oxygens (including phenoxy) is 1. The first-order valence-corrected chi connectivity index (χ1v) is 5.52. The Bertz CT molecular complexity index is 359. The van der Waals surface area contributed by atoms with Crippen LogP contribution in [0.3, 0.4) is 0 Å². The lowest BCUT2D eigenvalue weighted by Crippen LogP contribution is -2.37. The Balaban J connectivity index is 2.13. The third kappa shape index (κ3) is 2.54. The minimum atomic E-state index is -0.110. The molecule has 1 aliphatic rings. The molecule has 0 spiro atoms. The monoisotopic (exact) mass is 270 g/mol. The molecule has 2 heterocycles. The standard InChI is InChI=1S/C10H11BrN2O2/c11-10-3-1-2-8(12-10)9-6-13(7-14)4-5-15-9/h1-3,7,9H,4-6H2. The smallest absolute Gasteiger partial charge is 0.209 e. The average molecular weight is 271 g/mol. The van der Waals surface area contributed by atoms with Crippen LogP contribution >= 0.6 is 15.9 Å². The van der Waals surface area contributed by atoms with Crippen LogP contribution in [0.1, 0.15) is 11.8 Å². The summed E-state index contributed by atoms with van der Waals surface area (Å²) in [6.45, 7) is 1.80. The molecule has 2 rings (SSSR count). The minimum absolute atomic E-state index is 0.110. The van der Waals surface area contributed by atoms with E-state index in [2.05, 4.69) is 20.9 Å². The van der Waals surface area contributed by atoms with Crippen LogP contribution in [0.15, 0.2) is 22.8 Å². The van der Waals surface area contributed by atoms with E-state index >= 15 is 0 Å². The van der Waals surface area contributed by atoms with Gasteiger partial charge in [-0.2, -0.15) is 0 Å². The molecule has 0 bridgehead atoms. The van der Waals surface area contributed by atoms with Gasteiger partial charge in [0.2, 0.25) is 6.41 Å². The van der Waals surface area contributed by atoms with Gasteiger partial charge >= 0.3 is 0 Å². The molecular formula is C10H11BrN2O2. The van der Waals surface area contributed by atoms with Gasteiger partial charge in [0.25, 0.3) is 0 Å². The summed E-state index contributed by atoms with van der Waals surface area (Å²) < 4.78 is 6.35. The molecule has 0 N–H and O–H groups in total. The molecule has 1 aromatic rings. The van der Waals surface area contributed by atoms with E-state index in [4.69, 9.17) is 4.74 Å². The fraction of sp³-hybridized carbons (Fsp3) is 0.400. The summed E-state index contributed by atoms with van der Waals surface area (Å²) in [7, 11) is 0. The van der Waals surface area contributed by atoms with E-state index in [1.54, 1.807) is 4.90 Å². The number of hydrogen-bond acceptors (Lipinski definition) is 3. The van der Waals surface area contributed by atoms with Gasteiger partial charge in [-0.3, -0.25) is 4.79 Å². The summed E-state index contributed by atoms with van der Waals surface area (Å²) >= 11 is 3.31. The zero-order valence-corrected chi connectivity index (χ0v) is 9.68. The lowest BCUT2D eigenvalue weighted by Gasteiger charge is -2.29. The van der Waals surface area contributed by atoms with E-state index in [0.717, 1.165) is 16.7 Å². The van der Waals surface area contributed by atoms with Crippen LogP contribution in [-0.2, 0) is 9.53 Å². The summed E-state index contributed by atoms with van der Waals surface area (Å²) in [5.41, 5.74) is 0.857. The first-order chi connectivity index (χ1) is 7.29. The molecular weight excluding hydrogens is 260 g/mol. The number of hydrogen-bond donors (Lipinski definition) is 0. The van der Waals surface area contributed by atoms with Crippen molar-refractivity contribution in [1.29, 1.82) is 0 Å². The quantitative estimate of drug-likeness (QED) is 0.602. The third-order valence-electron chi connectivity index (χ3n) is 2.31. The van der Waals surface area contributed by atoms with E-state index < -0.39 is 0 Å². The molecule has 0 aliphatic carbocycles. The van der Waals surface area contributed by atoms with Gasteiger partial charge in [-0.05, 0) is 28.1 Å². The molecule has 15 heavy (non-hydrogen) atoms. The molecule has 1 fully saturated rings. The van der Waals surface area contributed by atoms with Crippen molar-refractivity contribution in [2.24, 2.45) is 0 Å². The van der Waals surface area contributed by atoms with Gasteiger partial charge in [0.1, 0.15) is 10.7 Å². The largest absolute Gasteiger partial charge is 0.368 e. The lowest BCUT2D eigenvalue weighted by atomic mass is 10.2. The van der Waals surface area contributed by atoms with Crippen LogP contribution in [0.4, 0.5) is 0 Å². The van der Waals surface area contributed by atoms with Gasteiger partial charge in [0, 0.05) is 6.54 Å². The second-order valence-electron chi connectivity index (χ2n) is 3.34. The van der Waals surface area contributed by atoms with Crippen molar-refractivity contribution in [3.05, 3.63) is 28.5 Å². The molecule has 5 heteroatoms. The Morgan fingerprint density at radius 1 is 1.60 bits per heavy atom. The summed E-state index contributed by atoms with van der Waals surface area (Å²) in [6.07, 6.45) is 0.745. The van der Waals surface area contributed by atoms with E-state index in [0.29, 0.717) is 19.7 Å². The highest BCUT2D eigenvalue weighted by molar-refractivity contribution is 9.10. The number of carbonyl (C=O) groups is 1. The van der Waals surface area contributed by atoms with Gasteiger partial charge in [-0.1, -0.05) is 6.07 Å². The van der Waals surface area contributed by atoms with Crippen LogP contribution in [-0.4, -0.2) is 36.0 Å². The second-order valence-corrected chi connectivity index (χ2v) is 4.16. The molecule has 0 saturated carbocycles. The number of halogens is 1. The molecule has 0 aromatic carbocycles. The maximum absolute atomic E-state index is 10.6. The Morgan fingerprint density at radius 3 is 3.20 bits per heavy atom. The maximum atomic E-state index is 10.6. The van der Waals surface area contributed by atoms with Crippen LogP contribution in [0, 0.1) is 0 Å². The predicted octanol–water partition coefficient (Wildman–Crippen LogP) is 1.37. The topological polar surface area (TPSA) is 42.4 Å². The van der Waals surface area contributed by atoms with Crippen molar-refractivity contribution in [3.8, 4) is 0 Å². The van der Waals surface area contributed by atoms with Gasteiger partial charge in [0.05, 0.1) is 18.8 Å².